The summed E-state index contributed by atoms with van der Waals surface area (Å²) in [6, 6.07) is 7.39. The molecule has 0 unspecified atom stereocenters. The maximum absolute atomic E-state index is 11.6. The second-order valence-electron chi connectivity index (χ2n) is 4.35. The summed E-state index contributed by atoms with van der Waals surface area (Å²) in [7, 11) is 1.45. The number of para-hydroxylation sites is 2. The van der Waals surface area contributed by atoms with Gasteiger partial charge < -0.3 is 4.98 Å². The molecule has 3 rings (SSSR count). The van der Waals surface area contributed by atoms with E-state index in [9.17, 15) is 8.42 Å². The van der Waals surface area contributed by atoms with Crippen LogP contribution in [0.15, 0.2) is 29.2 Å². The van der Waals surface area contributed by atoms with Crippen LogP contribution in [0.4, 0.5) is 0 Å². The monoisotopic (exact) mass is 344 g/mol. The van der Waals surface area contributed by atoms with Crippen molar-refractivity contribution in [3.05, 3.63) is 35.1 Å². The van der Waals surface area contributed by atoms with E-state index in [-0.39, 0.29) is 10.0 Å². The number of fused-ring (bicyclic) bond motifs is 1. The number of H-pyrrole nitrogens is 1. The highest BCUT2D eigenvalue weighted by Crippen LogP contribution is 2.30. The van der Waals surface area contributed by atoms with Gasteiger partial charge in [0.05, 0.1) is 16.7 Å². The van der Waals surface area contributed by atoms with E-state index in [1.807, 2.05) is 24.3 Å². The van der Waals surface area contributed by atoms with Crippen LogP contribution in [0, 0.1) is 0 Å². The molecule has 1 N–H and O–H groups in total. The molecular weight excluding hydrogens is 335 g/mol. The number of hydrogen-bond donors (Lipinski definition) is 1. The topological polar surface area (TPSA) is 80.6 Å². The first-order valence-electron chi connectivity index (χ1n) is 6.09. The SMILES string of the molecule is CCc1nn(-c2nc3ccccc3[nH]2)c(Cl)c1S(=O)(=O)Cl. The number of aryl methyl sites for hydroxylation is 1. The van der Waals surface area contributed by atoms with E-state index >= 15 is 0 Å². The third-order valence-electron chi connectivity index (χ3n) is 3.01. The molecule has 2 aromatic heterocycles. The Bertz CT molecular complexity index is 897. The van der Waals surface area contributed by atoms with Gasteiger partial charge in [-0.15, -0.1) is 0 Å². The first-order chi connectivity index (χ1) is 9.91. The Morgan fingerprint density at radius 2 is 2.05 bits per heavy atom. The molecule has 2 heterocycles. The molecule has 9 heteroatoms. The number of rotatable bonds is 3. The van der Waals surface area contributed by atoms with Gasteiger partial charge in [-0.2, -0.15) is 9.78 Å². The maximum atomic E-state index is 11.6. The molecule has 0 bridgehead atoms. The summed E-state index contributed by atoms with van der Waals surface area (Å²) in [5, 5.41) is 4.11. The van der Waals surface area contributed by atoms with Crippen molar-refractivity contribution in [1.82, 2.24) is 19.7 Å². The van der Waals surface area contributed by atoms with E-state index in [1.54, 1.807) is 6.92 Å². The van der Waals surface area contributed by atoms with Crippen LogP contribution in [-0.2, 0) is 15.5 Å². The second kappa shape index (κ2) is 5.01. The quantitative estimate of drug-likeness (QED) is 0.740. The van der Waals surface area contributed by atoms with Gasteiger partial charge >= 0.3 is 0 Å². The average molecular weight is 345 g/mol. The average Bonchev–Trinajstić information content (AvgIpc) is 2.97. The van der Waals surface area contributed by atoms with Gasteiger partial charge in [0.15, 0.2) is 5.15 Å². The number of hydrogen-bond acceptors (Lipinski definition) is 4. The Morgan fingerprint density at radius 1 is 1.33 bits per heavy atom. The van der Waals surface area contributed by atoms with Crippen molar-refractivity contribution in [2.24, 2.45) is 0 Å². The summed E-state index contributed by atoms with van der Waals surface area (Å²) < 4.78 is 24.5. The fourth-order valence-electron chi connectivity index (χ4n) is 2.08. The van der Waals surface area contributed by atoms with Gasteiger partial charge in [-0.25, -0.2) is 13.4 Å². The van der Waals surface area contributed by atoms with Gasteiger partial charge in [0.2, 0.25) is 5.95 Å². The van der Waals surface area contributed by atoms with Gasteiger partial charge in [-0.05, 0) is 18.6 Å². The fourth-order valence-corrected chi connectivity index (χ4v) is 3.97. The smallest absolute Gasteiger partial charge is 0.266 e. The molecular formula is C12H10Cl2N4O2S. The Hall–Kier alpha value is -1.57. The lowest BCUT2D eigenvalue weighted by atomic mass is 10.3. The summed E-state index contributed by atoms with van der Waals surface area (Å²) in [5.41, 5.74) is 1.83. The van der Waals surface area contributed by atoms with Crippen molar-refractivity contribution in [1.29, 1.82) is 0 Å². The van der Waals surface area contributed by atoms with E-state index < -0.39 is 9.05 Å². The molecule has 0 saturated carbocycles. The van der Waals surface area contributed by atoms with E-state index in [2.05, 4.69) is 15.1 Å². The van der Waals surface area contributed by atoms with Crippen molar-refractivity contribution in [3.63, 3.8) is 0 Å². The van der Waals surface area contributed by atoms with Crippen molar-refractivity contribution in [3.8, 4) is 5.95 Å². The number of nitrogens with zero attached hydrogens (tertiary/aromatic N) is 3. The maximum Gasteiger partial charge on any atom is 0.266 e. The van der Waals surface area contributed by atoms with Crippen LogP contribution in [-0.4, -0.2) is 28.2 Å². The molecule has 110 valence electrons. The number of nitrogens with one attached hydrogen (secondary N) is 1. The van der Waals surface area contributed by atoms with Crippen molar-refractivity contribution >= 4 is 42.4 Å². The molecule has 3 aromatic rings. The largest absolute Gasteiger partial charge is 0.322 e. The zero-order chi connectivity index (χ0) is 15.2. The fraction of sp³-hybridized carbons (Fsp3) is 0.167. The Morgan fingerprint density at radius 3 is 2.62 bits per heavy atom. The van der Waals surface area contributed by atoms with E-state index in [1.165, 1.54) is 4.68 Å². The molecule has 6 nitrogen and oxygen atoms in total. The third kappa shape index (κ3) is 2.41. The molecule has 0 atom stereocenters. The molecule has 0 radical (unpaired) electrons. The molecule has 0 aliphatic carbocycles. The lowest BCUT2D eigenvalue weighted by Crippen LogP contribution is -1.99. The third-order valence-corrected chi connectivity index (χ3v) is 4.85. The Kier molecular flexibility index (Phi) is 3.43. The summed E-state index contributed by atoms with van der Waals surface area (Å²) in [4.78, 5) is 7.20. The van der Waals surface area contributed by atoms with Gasteiger partial charge in [0.1, 0.15) is 4.90 Å². The van der Waals surface area contributed by atoms with Crippen molar-refractivity contribution in [2.75, 3.05) is 0 Å². The molecule has 0 fully saturated rings. The van der Waals surface area contributed by atoms with Crippen LogP contribution in [0.2, 0.25) is 5.15 Å². The lowest BCUT2D eigenvalue weighted by Gasteiger charge is -1.97. The van der Waals surface area contributed by atoms with Crippen LogP contribution < -0.4 is 0 Å². The predicted octanol–water partition coefficient (Wildman–Crippen LogP) is 2.89. The summed E-state index contributed by atoms with van der Waals surface area (Å²) >= 11 is 6.13. The Labute approximate surface area is 130 Å². The highest BCUT2D eigenvalue weighted by atomic mass is 35.7. The lowest BCUT2D eigenvalue weighted by molar-refractivity contribution is 0.608. The van der Waals surface area contributed by atoms with Gasteiger partial charge in [-0.1, -0.05) is 30.7 Å². The van der Waals surface area contributed by atoms with Crippen LogP contribution in [0.25, 0.3) is 17.0 Å². The molecule has 0 aliphatic heterocycles. The van der Waals surface area contributed by atoms with Gasteiger partial charge in [0, 0.05) is 10.7 Å². The number of aromatic nitrogens is 4. The molecule has 21 heavy (non-hydrogen) atoms. The zero-order valence-corrected chi connectivity index (χ0v) is 13.2. The standard InChI is InChI=1S/C12H10Cl2N4O2S/c1-2-7-10(21(14,19)20)11(13)18(17-7)12-15-8-5-3-4-6-9(8)16-12/h3-6H,2H2,1H3,(H,15,16). The van der Waals surface area contributed by atoms with Crippen LogP contribution in [0.3, 0.4) is 0 Å². The number of aromatic amines is 1. The minimum absolute atomic E-state index is 0.0825. The van der Waals surface area contributed by atoms with E-state index in [4.69, 9.17) is 22.3 Å². The Balaban J connectivity index is 2.26. The number of benzene rings is 1. The molecule has 1 aromatic carbocycles. The van der Waals surface area contributed by atoms with Crippen LogP contribution in [0.5, 0.6) is 0 Å². The number of halogens is 2. The van der Waals surface area contributed by atoms with Gasteiger partial charge in [0.25, 0.3) is 9.05 Å². The minimum Gasteiger partial charge on any atom is -0.322 e. The van der Waals surface area contributed by atoms with E-state index in [0.717, 1.165) is 11.0 Å². The summed E-state index contributed by atoms with van der Waals surface area (Å²) in [6.07, 6.45) is 0.383. The van der Waals surface area contributed by atoms with Gasteiger partial charge in [-0.3, -0.25) is 0 Å². The molecule has 0 saturated heterocycles. The first-order valence-corrected chi connectivity index (χ1v) is 8.77. The highest BCUT2D eigenvalue weighted by Gasteiger charge is 2.27. The second-order valence-corrected chi connectivity index (χ2v) is 7.21. The van der Waals surface area contributed by atoms with Crippen molar-refractivity contribution in [2.45, 2.75) is 18.2 Å². The predicted molar refractivity (Wildman–Crippen MR) is 80.6 cm³/mol. The highest BCUT2D eigenvalue weighted by molar-refractivity contribution is 8.13. The summed E-state index contributed by atoms with van der Waals surface area (Å²) in [6.45, 7) is 1.77. The minimum atomic E-state index is -3.98. The molecule has 0 amide bonds. The summed E-state index contributed by atoms with van der Waals surface area (Å²) in [5.74, 6) is 0.336. The van der Waals surface area contributed by atoms with Crippen LogP contribution in [0.1, 0.15) is 12.6 Å². The van der Waals surface area contributed by atoms with Crippen LogP contribution >= 0.6 is 22.3 Å². The number of imidazole rings is 1. The zero-order valence-electron chi connectivity index (χ0n) is 10.8. The first kappa shape index (κ1) is 14.4. The normalized spacial score (nSPS) is 12.1. The molecule has 0 aliphatic rings. The van der Waals surface area contributed by atoms with E-state index in [0.29, 0.717) is 18.1 Å². The molecule has 0 spiro atoms. The van der Waals surface area contributed by atoms with Crippen molar-refractivity contribution < 1.29 is 8.42 Å².